The molecular formula is C24H25ClN2O5. The Morgan fingerprint density at radius 1 is 1.28 bits per heavy atom. The highest BCUT2D eigenvalue weighted by molar-refractivity contribution is 6.32. The zero-order valence-electron chi connectivity index (χ0n) is 18.7. The molecule has 0 saturated heterocycles. The predicted octanol–water partition coefficient (Wildman–Crippen LogP) is 4.80. The quantitative estimate of drug-likeness (QED) is 0.404. The first-order valence-corrected chi connectivity index (χ1v) is 10.7. The summed E-state index contributed by atoms with van der Waals surface area (Å²) >= 11 is 6.22. The van der Waals surface area contributed by atoms with Crippen LogP contribution in [0.5, 0.6) is 5.88 Å². The summed E-state index contributed by atoms with van der Waals surface area (Å²) in [4.78, 5) is 26.2. The number of furan rings is 1. The standard InChI is InChI=1S/C24H25ClN2O5/c1-12(2)31-8-6-7-27-23(29)17(11-26)14(4)20(24(27)30)21(28)22-15(5)16-10-18(25)13(3)9-19(16)32-22/h9-10,12,30H,6-8H2,1-5H3. The number of hydrogen-bond donors (Lipinski definition) is 1. The minimum atomic E-state index is -0.646. The Kier molecular flexibility index (Phi) is 6.77. The van der Waals surface area contributed by atoms with Gasteiger partial charge in [0.25, 0.3) is 5.56 Å². The van der Waals surface area contributed by atoms with Crippen LogP contribution in [0.25, 0.3) is 11.0 Å². The molecule has 0 amide bonds. The van der Waals surface area contributed by atoms with Gasteiger partial charge in [-0.3, -0.25) is 14.2 Å². The van der Waals surface area contributed by atoms with E-state index in [0.717, 1.165) is 10.1 Å². The molecule has 0 unspecified atom stereocenters. The molecule has 32 heavy (non-hydrogen) atoms. The van der Waals surface area contributed by atoms with Gasteiger partial charge in [0.2, 0.25) is 11.7 Å². The lowest BCUT2D eigenvalue weighted by molar-refractivity contribution is 0.0743. The van der Waals surface area contributed by atoms with Gasteiger partial charge in [0.1, 0.15) is 17.2 Å². The summed E-state index contributed by atoms with van der Waals surface area (Å²) in [6, 6.07) is 5.33. The van der Waals surface area contributed by atoms with Gasteiger partial charge >= 0.3 is 0 Å². The SMILES string of the molecule is Cc1cc2oc(C(=O)c3c(C)c(C#N)c(=O)n(CCCOC(C)C)c3O)c(C)c2cc1Cl. The molecule has 2 heterocycles. The molecule has 0 aliphatic rings. The Morgan fingerprint density at radius 3 is 2.59 bits per heavy atom. The first-order chi connectivity index (χ1) is 15.1. The number of ether oxygens (including phenoxy) is 1. The molecular weight excluding hydrogens is 432 g/mol. The largest absolute Gasteiger partial charge is 0.494 e. The number of benzene rings is 1. The first-order valence-electron chi connectivity index (χ1n) is 10.3. The predicted molar refractivity (Wildman–Crippen MR) is 122 cm³/mol. The molecule has 0 saturated carbocycles. The van der Waals surface area contributed by atoms with Crippen LogP contribution in [0.3, 0.4) is 0 Å². The van der Waals surface area contributed by atoms with E-state index in [4.69, 9.17) is 20.8 Å². The summed E-state index contributed by atoms with van der Waals surface area (Å²) < 4.78 is 12.3. The Balaban J connectivity index is 2.13. The van der Waals surface area contributed by atoms with Gasteiger partial charge in [-0.25, -0.2) is 0 Å². The molecule has 0 aliphatic heterocycles. The molecule has 0 radical (unpaired) electrons. The minimum absolute atomic E-state index is 0.0253. The lowest BCUT2D eigenvalue weighted by atomic mass is 9.98. The average Bonchev–Trinajstić information content (AvgIpc) is 3.03. The summed E-state index contributed by atoms with van der Waals surface area (Å²) in [7, 11) is 0. The molecule has 3 aromatic rings. The van der Waals surface area contributed by atoms with Gasteiger partial charge in [-0.05, 0) is 64.3 Å². The van der Waals surface area contributed by atoms with E-state index >= 15 is 0 Å². The van der Waals surface area contributed by atoms with E-state index in [9.17, 15) is 20.0 Å². The Labute approximate surface area is 190 Å². The van der Waals surface area contributed by atoms with Crippen molar-refractivity contribution in [2.75, 3.05) is 6.61 Å². The number of carbonyl (C=O) groups is 1. The van der Waals surface area contributed by atoms with Crippen LogP contribution in [0.4, 0.5) is 0 Å². The number of carbonyl (C=O) groups excluding carboxylic acids is 1. The summed E-state index contributed by atoms with van der Waals surface area (Å²) in [5.41, 5.74) is 1.00. The molecule has 7 nitrogen and oxygen atoms in total. The maximum atomic E-state index is 13.5. The Morgan fingerprint density at radius 2 is 1.97 bits per heavy atom. The van der Waals surface area contributed by atoms with E-state index in [1.807, 2.05) is 26.8 Å². The van der Waals surface area contributed by atoms with Crippen molar-refractivity contribution >= 4 is 28.4 Å². The van der Waals surface area contributed by atoms with E-state index in [2.05, 4.69) is 0 Å². The van der Waals surface area contributed by atoms with Crippen molar-refractivity contribution in [3.8, 4) is 11.9 Å². The van der Waals surface area contributed by atoms with Crippen LogP contribution in [-0.2, 0) is 11.3 Å². The Hall–Kier alpha value is -3.08. The maximum absolute atomic E-state index is 13.5. The molecule has 0 bridgehead atoms. The lowest BCUT2D eigenvalue weighted by Crippen LogP contribution is -2.27. The molecule has 0 spiro atoms. The number of ketones is 1. The molecule has 0 atom stereocenters. The van der Waals surface area contributed by atoms with Crippen molar-refractivity contribution in [2.45, 2.75) is 53.7 Å². The van der Waals surface area contributed by atoms with Crippen LogP contribution in [-0.4, -0.2) is 28.2 Å². The van der Waals surface area contributed by atoms with E-state index in [-0.39, 0.29) is 35.1 Å². The second-order valence-corrected chi connectivity index (χ2v) is 8.43. The fourth-order valence-corrected chi connectivity index (χ4v) is 3.81. The van der Waals surface area contributed by atoms with Gasteiger partial charge in [-0.15, -0.1) is 0 Å². The van der Waals surface area contributed by atoms with Crippen LogP contribution in [0, 0.1) is 32.1 Å². The first kappa shape index (κ1) is 23.6. The number of aromatic nitrogens is 1. The minimum Gasteiger partial charge on any atom is -0.494 e. The van der Waals surface area contributed by atoms with Gasteiger partial charge < -0.3 is 14.3 Å². The van der Waals surface area contributed by atoms with Crippen molar-refractivity contribution in [1.82, 2.24) is 4.57 Å². The number of halogens is 1. The number of nitriles is 1. The lowest BCUT2D eigenvalue weighted by Gasteiger charge is -2.15. The number of aromatic hydroxyl groups is 1. The maximum Gasteiger partial charge on any atom is 0.271 e. The van der Waals surface area contributed by atoms with Crippen LogP contribution < -0.4 is 5.56 Å². The van der Waals surface area contributed by atoms with Gasteiger partial charge in [0, 0.05) is 29.1 Å². The van der Waals surface area contributed by atoms with Crippen molar-refractivity contribution < 1.29 is 19.1 Å². The van der Waals surface area contributed by atoms with Crippen molar-refractivity contribution in [2.24, 2.45) is 0 Å². The fourth-order valence-electron chi connectivity index (χ4n) is 3.64. The number of nitrogens with zero attached hydrogens (tertiary/aromatic N) is 2. The van der Waals surface area contributed by atoms with E-state index < -0.39 is 17.2 Å². The molecule has 1 N–H and O–H groups in total. The summed E-state index contributed by atoms with van der Waals surface area (Å²) in [5.74, 6) is -1.07. The van der Waals surface area contributed by atoms with Gasteiger partial charge in [-0.1, -0.05) is 11.6 Å². The normalized spacial score (nSPS) is 11.3. The van der Waals surface area contributed by atoms with Gasteiger partial charge in [0.05, 0.1) is 11.7 Å². The highest BCUT2D eigenvalue weighted by Crippen LogP contribution is 2.33. The van der Waals surface area contributed by atoms with E-state index in [1.165, 1.54) is 6.92 Å². The molecule has 0 fully saturated rings. The number of hydrogen-bond acceptors (Lipinski definition) is 6. The summed E-state index contributed by atoms with van der Waals surface area (Å²) in [6.07, 6.45) is 0.451. The molecule has 8 heteroatoms. The molecule has 168 valence electrons. The molecule has 3 rings (SSSR count). The van der Waals surface area contributed by atoms with E-state index in [1.54, 1.807) is 19.1 Å². The van der Waals surface area contributed by atoms with Crippen LogP contribution in [0.15, 0.2) is 21.3 Å². The second kappa shape index (κ2) is 9.19. The monoisotopic (exact) mass is 456 g/mol. The second-order valence-electron chi connectivity index (χ2n) is 8.02. The van der Waals surface area contributed by atoms with Crippen molar-refractivity contribution in [3.63, 3.8) is 0 Å². The average molecular weight is 457 g/mol. The third kappa shape index (κ3) is 4.16. The van der Waals surface area contributed by atoms with Gasteiger partial charge in [-0.2, -0.15) is 5.26 Å². The van der Waals surface area contributed by atoms with Crippen molar-refractivity contribution in [1.29, 1.82) is 5.26 Å². The zero-order chi connectivity index (χ0) is 23.7. The highest BCUT2D eigenvalue weighted by Gasteiger charge is 2.28. The number of rotatable bonds is 7. The molecule has 0 aliphatic carbocycles. The topological polar surface area (TPSA) is 105 Å². The fraction of sp³-hybridized carbons (Fsp3) is 0.375. The van der Waals surface area contributed by atoms with E-state index in [0.29, 0.717) is 34.6 Å². The van der Waals surface area contributed by atoms with Crippen LogP contribution in [0.1, 0.15) is 58.6 Å². The van der Waals surface area contributed by atoms with Crippen LogP contribution >= 0.6 is 11.6 Å². The Bertz CT molecular complexity index is 1310. The van der Waals surface area contributed by atoms with Crippen molar-refractivity contribution in [3.05, 3.63) is 61.1 Å². The molecule has 2 aromatic heterocycles. The number of fused-ring (bicyclic) bond motifs is 1. The third-order valence-corrected chi connectivity index (χ3v) is 5.84. The molecule has 1 aromatic carbocycles. The van der Waals surface area contributed by atoms with Gasteiger partial charge in [0.15, 0.2) is 5.76 Å². The smallest absolute Gasteiger partial charge is 0.271 e. The third-order valence-electron chi connectivity index (χ3n) is 5.43. The zero-order valence-corrected chi connectivity index (χ0v) is 19.5. The highest BCUT2D eigenvalue weighted by atomic mass is 35.5. The summed E-state index contributed by atoms with van der Waals surface area (Å²) in [5, 5.41) is 21.7. The van der Waals surface area contributed by atoms with Crippen LogP contribution in [0.2, 0.25) is 5.02 Å². The number of aryl methyl sites for hydroxylation is 2. The summed E-state index contributed by atoms with van der Waals surface area (Å²) in [6.45, 7) is 9.27. The number of pyridine rings is 1.